The lowest BCUT2D eigenvalue weighted by atomic mass is 9.87. The summed E-state index contributed by atoms with van der Waals surface area (Å²) in [4.78, 5) is 15.1. The van der Waals surface area contributed by atoms with Gasteiger partial charge in [0.2, 0.25) is 0 Å². The lowest BCUT2D eigenvalue weighted by Crippen LogP contribution is -2.33. The Morgan fingerprint density at radius 3 is 2.23 bits per heavy atom. The zero-order chi connectivity index (χ0) is 26.1. The third kappa shape index (κ3) is 5.99. The molecule has 0 unspecified atom stereocenters. The second-order valence-electron chi connectivity index (χ2n) is 9.90. The van der Waals surface area contributed by atoms with Gasteiger partial charge >= 0.3 is 0 Å². The van der Waals surface area contributed by atoms with Crippen LogP contribution in [0, 0.1) is 31.3 Å². The molecule has 0 aliphatic rings. The van der Waals surface area contributed by atoms with Gasteiger partial charge in [-0.25, -0.2) is 13.2 Å². The Kier molecular flexibility index (Phi) is 7.85. The molecule has 2 N–H and O–H groups in total. The number of hydrogen-bond donors (Lipinski definition) is 1. The average molecular weight is 503 g/mol. The van der Waals surface area contributed by atoms with Crippen molar-refractivity contribution in [3.8, 4) is 0 Å². The molecule has 35 heavy (non-hydrogen) atoms. The van der Waals surface area contributed by atoms with Gasteiger partial charge in [0.25, 0.3) is 5.91 Å². The van der Waals surface area contributed by atoms with E-state index in [0.29, 0.717) is 0 Å². The number of anilines is 1. The number of nitrogens with zero attached hydrogens (tertiary/aromatic N) is 1. The van der Waals surface area contributed by atoms with E-state index in [4.69, 9.17) is 17.3 Å². The molecule has 3 aromatic carbocycles. The lowest BCUT2D eigenvalue weighted by molar-refractivity contribution is 0.0745. The van der Waals surface area contributed by atoms with Gasteiger partial charge in [-0.1, -0.05) is 56.6 Å². The molecule has 0 saturated heterocycles. The Labute approximate surface area is 209 Å². The zero-order valence-corrected chi connectivity index (χ0v) is 21.4. The van der Waals surface area contributed by atoms with E-state index in [1.165, 1.54) is 11.8 Å². The lowest BCUT2D eigenvalue weighted by Gasteiger charge is -2.25. The van der Waals surface area contributed by atoms with Crippen molar-refractivity contribution < 1.29 is 18.0 Å². The van der Waals surface area contributed by atoms with Crippen LogP contribution in [0.15, 0.2) is 42.5 Å². The number of amides is 1. The maximum Gasteiger partial charge on any atom is 0.256 e. The van der Waals surface area contributed by atoms with Crippen molar-refractivity contribution in [1.29, 1.82) is 0 Å². The molecule has 1 amide bonds. The Hall–Kier alpha value is -2.99. The van der Waals surface area contributed by atoms with Crippen LogP contribution in [-0.2, 0) is 18.4 Å². The van der Waals surface area contributed by atoms with Crippen molar-refractivity contribution >= 4 is 23.2 Å². The summed E-state index contributed by atoms with van der Waals surface area (Å²) in [5.41, 5.74) is 8.87. The highest BCUT2D eigenvalue weighted by atomic mass is 35.5. The average Bonchev–Trinajstić information content (AvgIpc) is 2.79. The van der Waals surface area contributed by atoms with Crippen LogP contribution in [0.3, 0.4) is 0 Å². The Bertz CT molecular complexity index is 1250. The van der Waals surface area contributed by atoms with Crippen LogP contribution in [0.4, 0.5) is 18.9 Å². The minimum absolute atomic E-state index is 0.00229. The molecule has 0 aliphatic carbocycles. The van der Waals surface area contributed by atoms with E-state index < -0.39 is 17.5 Å². The number of carbonyl (C=O) groups is 1. The third-order valence-corrected chi connectivity index (χ3v) is 6.40. The summed E-state index contributed by atoms with van der Waals surface area (Å²) in [7, 11) is 0. The molecule has 3 nitrogen and oxygen atoms in total. The molecule has 7 heteroatoms. The van der Waals surface area contributed by atoms with E-state index in [0.717, 1.165) is 22.8 Å². The van der Waals surface area contributed by atoms with Gasteiger partial charge in [-0.05, 0) is 66.1 Å². The number of hydrogen-bond acceptors (Lipinski definition) is 2. The van der Waals surface area contributed by atoms with Gasteiger partial charge in [-0.15, -0.1) is 0 Å². The van der Waals surface area contributed by atoms with Crippen LogP contribution < -0.4 is 5.73 Å². The molecule has 0 aromatic heterocycles. The van der Waals surface area contributed by atoms with Gasteiger partial charge in [0, 0.05) is 18.7 Å². The van der Waals surface area contributed by atoms with E-state index >= 15 is 0 Å². The van der Waals surface area contributed by atoms with Crippen LogP contribution in [0.25, 0.3) is 0 Å². The molecule has 3 aromatic rings. The topological polar surface area (TPSA) is 46.3 Å². The van der Waals surface area contributed by atoms with E-state index in [1.807, 2.05) is 24.3 Å². The second kappa shape index (κ2) is 10.3. The Balaban J connectivity index is 1.95. The largest absolute Gasteiger partial charge is 0.397 e. The summed E-state index contributed by atoms with van der Waals surface area (Å²) < 4.78 is 42.3. The van der Waals surface area contributed by atoms with E-state index in [2.05, 4.69) is 20.8 Å². The van der Waals surface area contributed by atoms with Crippen LogP contribution >= 0.6 is 11.6 Å². The first-order chi connectivity index (χ1) is 16.3. The number of aryl methyl sites for hydroxylation is 1. The minimum Gasteiger partial charge on any atom is -0.397 e. The fraction of sp³-hybridized carbons (Fsp3) is 0.321. The quantitative estimate of drug-likeness (QED) is 0.287. The Morgan fingerprint density at radius 1 is 1.00 bits per heavy atom. The zero-order valence-electron chi connectivity index (χ0n) is 20.6. The summed E-state index contributed by atoms with van der Waals surface area (Å²) in [6, 6.07) is 12.1. The van der Waals surface area contributed by atoms with Gasteiger partial charge < -0.3 is 10.6 Å². The first kappa shape index (κ1) is 26.6. The second-order valence-corrected chi connectivity index (χ2v) is 10.3. The molecule has 0 atom stereocenters. The molecule has 0 aliphatic heterocycles. The predicted molar refractivity (Wildman–Crippen MR) is 135 cm³/mol. The van der Waals surface area contributed by atoms with Gasteiger partial charge in [-0.2, -0.15) is 0 Å². The highest BCUT2D eigenvalue weighted by Gasteiger charge is 2.23. The number of carbonyl (C=O) groups excluding carboxylic acids is 1. The number of benzene rings is 3. The standard InChI is InChI=1S/C28H30ClF3N2O/c1-16-12-21(26(33)22(29)13-16)27(35)34(15-18-6-8-20(9-7-18)28(3,4)5)11-10-19-14-23(30)25(32)17(2)24(19)31/h6-9,12-14H,10-11,15,33H2,1-5H3. The van der Waals surface area contributed by atoms with E-state index in [1.54, 1.807) is 19.1 Å². The van der Waals surface area contributed by atoms with Crippen molar-refractivity contribution in [2.24, 2.45) is 0 Å². The normalized spacial score (nSPS) is 11.6. The molecule has 0 saturated carbocycles. The first-order valence-corrected chi connectivity index (χ1v) is 11.7. The van der Waals surface area contributed by atoms with Gasteiger partial charge in [0.05, 0.1) is 16.3 Å². The SMILES string of the molecule is Cc1cc(Cl)c(N)c(C(=O)N(CCc2cc(F)c(F)c(C)c2F)Cc2ccc(C(C)(C)C)cc2)c1. The molecular weight excluding hydrogens is 473 g/mol. The van der Waals surface area contributed by atoms with Crippen LogP contribution in [0.5, 0.6) is 0 Å². The van der Waals surface area contributed by atoms with Crippen molar-refractivity contribution in [2.45, 2.75) is 53.0 Å². The highest BCUT2D eigenvalue weighted by molar-refractivity contribution is 6.34. The molecule has 0 heterocycles. The summed E-state index contributed by atoms with van der Waals surface area (Å²) >= 11 is 6.21. The fourth-order valence-corrected chi connectivity index (χ4v) is 4.19. The third-order valence-electron chi connectivity index (χ3n) is 6.09. The van der Waals surface area contributed by atoms with Gasteiger partial charge in [0.15, 0.2) is 11.6 Å². The van der Waals surface area contributed by atoms with Gasteiger partial charge in [-0.3, -0.25) is 4.79 Å². The van der Waals surface area contributed by atoms with Crippen LogP contribution in [0.1, 0.15) is 58.9 Å². The molecular formula is C28H30ClF3N2O. The summed E-state index contributed by atoms with van der Waals surface area (Å²) in [5, 5.41) is 0.269. The van der Waals surface area contributed by atoms with Crippen molar-refractivity contribution in [2.75, 3.05) is 12.3 Å². The van der Waals surface area contributed by atoms with Crippen LogP contribution in [-0.4, -0.2) is 17.4 Å². The Morgan fingerprint density at radius 2 is 1.63 bits per heavy atom. The number of halogens is 4. The van der Waals surface area contributed by atoms with E-state index in [-0.39, 0.29) is 58.2 Å². The highest BCUT2D eigenvalue weighted by Crippen LogP contribution is 2.28. The van der Waals surface area contributed by atoms with Gasteiger partial charge in [0.1, 0.15) is 5.82 Å². The molecule has 0 spiro atoms. The fourth-order valence-electron chi connectivity index (χ4n) is 3.92. The van der Waals surface area contributed by atoms with Crippen molar-refractivity contribution in [1.82, 2.24) is 4.90 Å². The monoisotopic (exact) mass is 502 g/mol. The van der Waals surface area contributed by atoms with E-state index in [9.17, 15) is 18.0 Å². The number of nitrogens with two attached hydrogens (primary N) is 1. The van der Waals surface area contributed by atoms with Crippen molar-refractivity contribution in [3.05, 3.63) is 98.3 Å². The molecule has 3 rings (SSSR count). The molecule has 186 valence electrons. The summed E-state index contributed by atoms with van der Waals surface area (Å²) in [5.74, 6) is -3.53. The van der Waals surface area contributed by atoms with Crippen LogP contribution in [0.2, 0.25) is 5.02 Å². The summed E-state index contributed by atoms with van der Waals surface area (Å²) in [6.07, 6.45) is -0.00482. The van der Waals surface area contributed by atoms with Crippen molar-refractivity contribution in [3.63, 3.8) is 0 Å². The molecule has 0 bridgehead atoms. The minimum atomic E-state index is -1.21. The first-order valence-electron chi connectivity index (χ1n) is 11.4. The molecule has 0 radical (unpaired) electrons. The maximum atomic E-state index is 14.6. The predicted octanol–water partition coefficient (Wildman–Crippen LogP) is 7.14. The number of nitrogen functional groups attached to an aromatic ring is 1. The number of rotatable bonds is 6. The summed E-state index contributed by atoms with van der Waals surface area (Å²) in [6.45, 7) is 9.61. The maximum absolute atomic E-state index is 14.6. The smallest absolute Gasteiger partial charge is 0.256 e. The molecule has 0 fully saturated rings.